The van der Waals surface area contributed by atoms with Crippen LogP contribution in [0.3, 0.4) is 0 Å². The third-order valence-electron chi connectivity index (χ3n) is 2.50. The lowest BCUT2D eigenvalue weighted by molar-refractivity contribution is 0.191. The van der Waals surface area contributed by atoms with Crippen LogP contribution in [0.4, 0.5) is 0 Å². The summed E-state index contributed by atoms with van der Waals surface area (Å²) >= 11 is 5.91. The number of fused-ring (bicyclic) bond motifs is 1. The van der Waals surface area contributed by atoms with Gasteiger partial charge in [0.05, 0.1) is 18.6 Å². The number of nitrogens with zero attached hydrogens (tertiary/aromatic N) is 3. The zero-order chi connectivity index (χ0) is 15.0. The Bertz CT molecular complexity index is 726. The first kappa shape index (κ1) is 15.0. The summed E-state index contributed by atoms with van der Waals surface area (Å²) in [5, 5.41) is 9.57. The van der Waals surface area contributed by atoms with Gasteiger partial charge in [0.25, 0.3) is 0 Å². The van der Waals surface area contributed by atoms with Gasteiger partial charge in [-0.25, -0.2) is 18.5 Å². The summed E-state index contributed by atoms with van der Waals surface area (Å²) in [6.07, 6.45) is 1.48. The van der Waals surface area contributed by atoms with Gasteiger partial charge >= 0.3 is 0 Å². The molecule has 7 nitrogen and oxygen atoms in total. The van der Waals surface area contributed by atoms with Crippen LogP contribution in [0.15, 0.2) is 18.3 Å². The third-order valence-corrected chi connectivity index (χ3v) is 3.94. The van der Waals surface area contributed by atoms with Gasteiger partial charge in [-0.15, -0.1) is 5.10 Å². The normalized spacial score (nSPS) is 12.8. The van der Waals surface area contributed by atoms with Crippen LogP contribution in [0.25, 0.3) is 5.65 Å². The predicted octanol–water partition coefficient (Wildman–Crippen LogP) is 1.08. The van der Waals surface area contributed by atoms with Crippen molar-refractivity contribution in [2.24, 2.45) is 10.6 Å². The minimum atomic E-state index is -3.56. The molecule has 2 aromatic heterocycles. The second kappa shape index (κ2) is 5.19. The molecule has 0 aliphatic heterocycles. The Morgan fingerprint density at radius 1 is 1.45 bits per heavy atom. The van der Waals surface area contributed by atoms with Gasteiger partial charge in [-0.2, -0.15) is 4.52 Å². The van der Waals surface area contributed by atoms with Gasteiger partial charge in [0.1, 0.15) is 0 Å². The molecule has 0 aromatic carbocycles. The molecule has 0 fully saturated rings. The fraction of sp³-hybridized carbons (Fsp3) is 0.455. The van der Waals surface area contributed by atoms with E-state index in [1.54, 1.807) is 26.0 Å². The maximum absolute atomic E-state index is 11.1. The summed E-state index contributed by atoms with van der Waals surface area (Å²) < 4.78 is 29.2. The summed E-state index contributed by atoms with van der Waals surface area (Å²) in [6.45, 7) is 3.66. The monoisotopic (exact) mass is 318 g/mol. The Morgan fingerprint density at radius 2 is 2.15 bits per heavy atom. The molecule has 0 saturated carbocycles. The molecule has 0 spiro atoms. The van der Waals surface area contributed by atoms with Gasteiger partial charge in [-0.3, -0.25) is 0 Å². The van der Waals surface area contributed by atoms with E-state index in [1.165, 1.54) is 10.7 Å². The number of nitrogens with two attached hydrogens (primary N) is 1. The molecule has 0 aliphatic rings. The number of rotatable bonds is 5. The molecule has 110 valence electrons. The molecule has 0 aliphatic carbocycles. The van der Waals surface area contributed by atoms with E-state index in [1.807, 2.05) is 0 Å². The van der Waals surface area contributed by atoms with Crippen LogP contribution in [0.5, 0.6) is 5.88 Å². The lowest BCUT2D eigenvalue weighted by Crippen LogP contribution is -2.33. The van der Waals surface area contributed by atoms with Gasteiger partial charge in [0, 0.05) is 11.5 Å². The quantitative estimate of drug-likeness (QED) is 0.889. The van der Waals surface area contributed by atoms with Crippen LogP contribution in [-0.2, 0) is 10.0 Å². The van der Waals surface area contributed by atoms with Gasteiger partial charge in [0.15, 0.2) is 10.8 Å². The average Bonchev–Trinajstić information content (AvgIpc) is 2.66. The van der Waals surface area contributed by atoms with Crippen LogP contribution in [-0.4, -0.2) is 35.4 Å². The Hall–Kier alpha value is -1.38. The number of hydrogen-bond acceptors (Lipinski definition) is 5. The summed E-state index contributed by atoms with van der Waals surface area (Å²) in [5.74, 6) is 0.161. The number of ether oxygens (including phenoxy) is 1. The van der Waals surface area contributed by atoms with Gasteiger partial charge in [-0.05, 0) is 6.07 Å². The van der Waals surface area contributed by atoms with E-state index < -0.39 is 15.4 Å². The molecular weight excluding hydrogens is 304 g/mol. The van der Waals surface area contributed by atoms with E-state index >= 15 is 0 Å². The number of sulfonamides is 1. The van der Waals surface area contributed by atoms with Crippen LogP contribution < -0.4 is 9.88 Å². The van der Waals surface area contributed by atoms with Gasteiger partial charge < -0.3 is 4.74 Å². The molecule has 2 rings (SSSR count). The van der Waals surface area contributed by atoms with Crippen molar-refractivity contribution >= 4 is 27.3 Å². The fourth-order valence-corrected chi connectivity index (χ4v) is 3.11. The smallest absolute Gasteiger partial charge is 0.231 e. The molecule has 20 heavy (non-hydrogen) atoms. The maximum atomic E-state index is 11.1. The second-order valence-electron chi connectivity index (χ2n) is 5.28. The Labute approximate surface area is 121 Å². The van der Waals surface area contributed by atoms with Gasteiger partial charge in [0.2, 0.25) is 15.9 Å². The Kier molecular flexibility index (Phi) is 3.90. The van der Waals surface area contributed by atoms with Crippen LogP contribution in [0, 0.1) is 5.41 Å². The number of hydrogen-bond donors (Lipinski definition) is 1. The summed E-state index contributed by atoms with van der Waals surface area (Å²) in [7, 11) is -3.56. The highest BCUT2D eigenvalue weighted by molar-refractivity contribution is 7.89. The molecule has 2 N–H and O–H groups in total. The highest BCUT2D eigenvalue weighted by Gasteiger charge is 2.25. The average molecular weight is 319 g/mol. The fourth-order valence-electron chi connectivity index (χ4n) is 1.76. The van der Waals surface area contributed by atoms with Crippen molar-refractivity contribution in [3.63, 3.8) is 0 Å². The zero-order valence-electron chi connectivity index (χ0n) is 11.1. The van der Waals surface area contributed by atoms with E-state index in [0.717, 1.165) is 0 Å². The molecule has 0 saturated heterocycles. The van der Waals surface area contributed by atoms with Crippen molar-refractivity contribution in [2.45, 2.75) is 13.8 Å². The number of aromatic nitrogens is 3. The highest BCUT2D eigenvalue weighted by atomic mass is 35.5. The summed E-state index contributed by atoms with van der Waals surface area (Å²) in [5.41, 5.74) is -0.0192. The number of primary sulfonamides is 1. The molecule has 2 aromatic rings. The molecule has 0 radical (unpaired) electrons. The minimum Gasteiger partial charge on any atom is -0.476 e. The van der Waals surface area contributed by atoms with Crippen molar-refractivity contribution in [1.29, 1.82) is 0 Å². The summed E-state index contributed by atoms with van der Waals surface area (Å²) in [6, 6.07) is 3.35. The number of halogens is 1. The molecular formula is C11H15ClN4O3S. The van der Waals surface area contributed by atoms with Crippen LogP contribution in [0.2, 0.25) is 5.15 Å². The van der Waals surface area contributed by atoms with E-state index in [2.05, 4.69) is 10.1 Å². The van der Waals surface area contributed by atoms with Gasteiger partial charge in [-0.1, -0.05) is 25.4 Å². The first-order valence-electron chi connectivity index (χ1n) is 5.80. The molecule has 9 heteroatoms. The standard InChI is InChI=1S/C11H15ClN4O3S/c1-11(2,7-20(13,17)18)6-19-10-4-3-9-14-5-8(12)16(9)15-10/h3-5H,6-7H2,1-2H3,(H2,13,17,18). The SMILES string of the molecule is CC(C)(COc1ccc2ncc(Cl)n2n1)CS(N)(=O)=O. The minimum absolute atomic E-state index is 0.161. The van der Waals surface area contributed by atoms with E-state index in [4.69, 9.17) is 21.5 Å². The molecule has 0 bridgehead atoms. The largest absolute Gasteiger partial charge is 0.476 e. The third kappa shape index (κ3) is 3.81. The predicted molar refractivity (Wildman–Crippen MR) is 75.2 cm³/mol. The lowest BCUT2D eigenvalue weighted by atomic mass is 9.98. The van der Waals surface area contributed by atoms with Crippen molar-refractivity contribution < 1.29 is 13.2 Å². The van der Waals surface area contributed by atoms with E-state index in [-0.39, 0.29) is 12.4 Å². The molecule has 0 amide bonds. The zero-order valence-corrected chi connectivity index (χ0v) is 12.6. The van der Waals surface area contributed by atoms with Crippen molar-refractivity contribution in [2.75, 3.05) is 12.4 Å². The van der Waals surface area contributed by atoms with E-state index in [0.29, 0.717) is 16.7 Å². The van der Waals surface area contributed by atoms with E-state index in [9.17, 15) is 8.42 Å². The maximum Gasteiger partial charge on any atom is 0.231 e. The van der Waals surface area contributed by atoms with Crippen LogP contribution in [0.1, 0.15) is 13.8 Å². The summed E-state index contributed by atoms with van der Waals surface area (Å²) in [4.78, 5) is 4.03. The molecule has 0 atom stereocenters. The lowest BCUT2D eigenvalue weighted by Gasteiger charge is -2.22. The van der Waals surface area contributed by atoms with Crippen LogP contribution >= 0.6 is 11.6 Å². The van der Waals surface area contributed by atoms with Crippen molar-refractivity contribution in [3.05, 3.63) is 23.5 Å². The Balaban J connectivity index is 2.10. The topological polar surface area (TPSA) is 99.6 Å². The second-order valence-corrected chi connectivity index (χ2v) is 7.28. The highest BCUT2D eigenvalue weighted by Crippen LogP contribution is 2.20. The molecule has 0 unspecified atom stereocenters. The first-order chi connectivity index (χ1) is 9.16. The Morgan fingerprint density at radius 3 is 2.80 bits per heavy atom. The van der Waals surface area contributed by atoms with Crippen molar-refractivity contribution in [1.82, 2.24) is 14.6 Å². The number of imidazole rings is 1. The molecule has 2 heterocycles. The van der Waals surface area contributed by atoms with Crippen molar-refractivity contribution in [3.8, 4) is 5.88 Å². The first-order valence-corrected chi connectivity index (χ1v) is 7.89.